The predicted molar refractivity (Wildman–Crippen MR) is 122 cm³/mol. The van der Waals surface area contributed by atoms with E-state index in [1.165, 1.54) is 0 Å². The maximum Gasteiger partial charge on any atom is 0.259 e. The second kappa shape index (κ2) is 10.4. The first-order valence-electron chi connectivity index (χ1n) is 10.3. The molecular formula is C22H27BrN2O4S. The van der Waals surface area contributed by atoms with Gasteiger partial charge in [0.05, 0.1) is 17.1 Å². The Kier molecular flexibility index (Phi) is 7.91. The summed E-state index contributed by atoms with van der Waals surface area (Å²) >= 11 is 3.39. The standard InChI is InChI=1S/C22H27BrN2O4S/c1-2-15-29-21-12-7-17(23)16-20(21)22(26)24-18-8-10-19(11-9-18)30(27,28)25-13-5-3-4-6-14-25/h7-12,16H,2-6,13-15H2,1H3,(H,24,26). The molecule has 1 heterocycles. The van der Waals surface area contributed by atoms with Gasteiger partial charge in [0.2, 0.25) is 10.0 Å². The first-order chi connectivity index (χ1) is 14.4. The summed E-state index contributed by atoms with van der Waals surface area (Å²) in [6.45, 7) is 3.64. The van der Waals surface area contributed by atoms with Crippen LogP contribution in [0.25, 0.3) is 0 Å². The monoisotopic (exact) mass is 494 g/mol. The molecule has 0 aliphatic carbocycles. The Balaban J connectivity index is 1.74. The number of nitrogens with one attached hydrogen (secondary N) is 1. The summed E-state index contributed by atoms with van der Waals surface area (Å²) in [5, 5.41) is 2.82. The number of halogens is 1. The molecule has 0 unspecified atom stereocenters. The van der Waals surface area contributed by atoms with Crippen LogP contribution in [-0.2, 0) is 10.0 Å². The molecule has 1 amide bonds. The number of nitrogens with zero attached hydrogens (tertiary/aromatic N) is 1. The van der Waals surface area contributed by atoms with Gasteiger partial charge in [-0.2, -0.15) is 4.31 Å². The van der Waals surface area contributed by atoms with Gasteiger partial charge in [-0.05, 0) is 61.7 Å². The van der Waals surface area contributed by atoms with E-state index in [4.69, 9.17) is 4.74 Å². The number of anilines is 1. The smallest absolute Gasteiger partial charge is 0.259 e. The summed E-state index contributed by atoms with van der Waals surface area (Å²) in [5.74, 6) is 0.198. The minimum Gasteiger partial charge on any atom is -0.493 e. The maximum atomic E-state index is 12.9. The number of benzene rings is 2. The molecule has 1 N–H and O–H groups in total. The Morgan fingerprint density at radius 2 is 1.73 bits per heavy atom. The lowest BCUT2D eigenvalue weighted by atomic mass is 10.2. The van der Waals surface area contributed by atoms with Gasteiger partial charge in [-0.25, -0.2) is 8.42 Å². The van der Waals surface area contributed by atoms with E-state index in [1.807, 2.05) is 13.0 Å². The highest BCUT2D eigenvalue weighted by Crippen LogP contribution is 2.26. The van der Waals surface area contributed by atoms with E-state index in [0.717, 1.165) is 36.6 Å². The van der Waals surface area contributed by atoms with Crippen molar-refractivity contribution in [3.63, 3.8) is 0 Å². The summed E-state index contributed by atoms with van der Waals surface area (Å²) in [6.07, 6.45) is 4.75. The zero-order valence-electron chi connectivity index (χ0n) is 17.1. The molecule has 0 aromatic heterocycles. The fourth-order valence-corrected chi connectivity index (χ4v) is 5.24. The van der Waals surface area contributed by atoms with Gasteiger partial charge >= 0.3 is 0 Å². The van der Waals surface area contributed by atoms with Gasteiger partial charge in [0, 0.05) is 23.2 Å². The highest BCUT2D eigenvalue weighted by atomic mass is 79.9. The van der Waals surface area contributed by atoms with Crippen LogP contribution < -0.4 is 10.1 Å². The number of hydrogen-bond acceptors (Lipinski definition) is 4. The summed E-state index contributed by atoms with van der Waals surface area (Å²) in [6, 6.07) is 11.6. The molecule has 0 saturated carbocycles. The van der Waals surface area contributed by atoms with Gasteiger partial charge in [0.1, 0.15) is 5.75 Å². The van der Waals surface area contributed by atoms with E-state index in [2.05, 4.69) is 21.2 Å². The van der Waals surface area contributed by atoms with Gasteiger partial charge in [-0.3, -0.25) is 4.79 Å². The Morgan fingerprint density at radius 3 is 2.37 bits per heavy atom. The Morgan fingerprint density at radius 1 is 1.07 bits per heavy atom. The van der Waals surface area contributed by atoms with E-state index in [0.29, 0.717) is 36.7 Å². The number of carbonyl (C=O) groups is 1. The van der Waals surface area contributed by atoms with Crippen LogP contribution in [-0.4, -0.2) is 38.3 Å². The molecule has 0 spiro atoms. The number of carbonyl (C=O) groups excluding carboxylic acids is 1. The third-order valence-electron chi connectivity index (χ3n) is 4.96. The van der Waals surface area contributed by atoms with Crippen LogP contribution in [0, 0.1) is 0 Å². The SMILES string of the molecule is CCCOc1ccc(Br)cc1C(=O)Nc1ccc(S(=O)(=O)N2CCCCCC2)cc1. The first-order valence-corrected chi connectivity index (χ1v) is 12.5. The van der Waals surface area contributed by atoms with Crippen molar-refractivity contribution in [2.45, 2.75) is 43.9 Å². The van der Waals surface area contributed by atoms with E-state index in [-0.39, 0.29) is 10.8 Å². The highest BCUT2D eigenvalue weighted by Gasteiger charge is 2.25. The van der Waals surface area contributed by atoms with Gasteiger partial charge in [-0.1, -0.05) is 35.7 Å². The van der Waals surface area contributed by atoms with Gasteiger partial charge in [-0.15, -0.1) is 0 Å². The Bertz CT molecular complexity index is 969. The lowest BCUT2D eigenvalue weighted by Crippen LogP contribution is -2.31. The third-order valence-corrected chi connectivity index (χ3v) is 7.37. The summed E-state index contributed by atoms with van der Waals surface area (Å²) in [4.78, 5) is 13.0. The van der Waals surface area contributed by atoms with Crippen molar-refractivity contribution < 1.29 is 17.9 Å². The minimum atomic E-state index is -3.51. The molecule has 1 fully saturated rings. The maximum absolute atomic E-state index is 12.9. The number of ether oxygens (including phenoxy) is 1. The molecule has 0 radical (unpaired) electrons. The van der Waals surface area contributed by atoms with Crippen LogP contribution >= 0.6 is 15.9 Å². The average molecular weight is 495 g/mol. The largest absolute Gasteiger partial charge is 0.493 e. The van der Waals surface area contributed by atoms with Crippen LogP contribution in [0.5, 0.6) is 5.75 Å². The third kappa shape index (κ3) is 5.62. The fourth-order valence-electron chi connectivity index (χ4n) is 3.36. The quantitative estimate of drug-likeness (QED) is 0.583. The molecule has 2 aromatic carbocycles. The van der Waals surface area contributed by atoms with E-state index >= 15 is 0 Å². The topological polar surface area (TPSA) is 75.7 Å². The molecule has 30 heavy (non-hydrogen) atoms. The van der Waals surface area contributed by atoms with Crippen molar-refractivity contribution in [2.75, 3.05) is 25.0 Å². The second-order valence-corrected chi connectivity index (χ2v) is 10.1. The predicted octanol–water partition coefficient (Wildman–Crippen LogP) is 5.05. The molecule has 0 bridgehead atoms. The van der Waals surface area contributed by atoms with Crippen LogP contribution in [0.2, 0.25) is 0 Å². The zero-order chi connectivity index (χ0) is 21.6. The van der Waals surface area contributed by atoms with Crippen molar-refractivity contribution >= 4 is 37.5 Å². The van der Waals surface area contributed by atoms with Crippen molar-refractivity contribution in [1.82, 2.24) is 4.31 Å². The van der Waals surface area contributed by atoms with Crippen LogP contribution in [0.4, 0.5) is 5.69 Å². The Hall–Kier alpha value is -1.90. The minimum absolute atomic E-state index is 0.247. The highest BCUT2D eigenvalue weighted by molar-refractivity contribution is 9.10. The summed E-state index contributed by atoms with van der Waals surface area (Å²) < 4.78 is 33.8. The lowest BCUT2D eigenvalue weighted by Gasteiger charge is -2.20. The van der Waals surface area contributed by atoms with Gasteiger partial charge in [0.15, 0.2) is 0 Å². The van der Waals surface area contributed by atoms with Crippen molar-refractivity contribution in [2.24, 2.45) is 0 Å². The molecular weight excluding hydrogens is 468 g/mol. The molecule has 2 aromatic rings. The normalized spacial score (nSPS) is 15.4. The zero-order valence-corrected chi connectivity index (χ0v) is 19.5. The van der Waals surface area contributed by atoms with Crippen molar-refractivity contribution in [1.29, 1.82) is 0 Å². The number of sulfonamides is 1. The van der Waals surface area contributed by atoms with Gasteiger partial charge in [0.25, 0.3) is 5.91 Å². The number of rotatable bonds is 7. The molecule has 0 atom stereocenters. The molecule has 3 rings (SSSR count). The van der Waals surface area contributed by atoms with E-state index in [9.17, 15) is 13.2 Å². The van der Waals surface area contributed by atoms with Gasteiger partial charge < -0.3 is 10.1 Å². The van der Waals surface area contributed by atoms with Crippen LogP contribution in [0.15, 0.2) is 51.8 Å². The second-order valence-electron chi connectivity index (χ2n) is 7.29. The molecule has 1 saturated heterocycles. The van der Waals surface area contributed by atoms with Crippen molar-refractivity contribution in [3.05, 3.63) is 52.5 Å². The fraction of sp³-hybridized carbons (Fsp3) is 0.409. The Labute approximate surface area is 186 Å². The summed E-state index contributed by atoms with van der Waals surface area (Å²) in [5.41, 5.74) is 0.940. The number of hydrogen-bond donors (Lipinski definition) is 1. The number of amides is 1. The lowest BCUT2D eigenvalue weighted by molar-refractivity contribution is 0.102. The molecule has 8 heteroatoms. The average Bonchev–Trinajstić information content (AvgIpc) is 3.03. The van der Waals surface area contributed by atoms with Crippen molar-refractivity contribution in [3.8, 4) is 5.75 Å². The van der Waals surface area contributed by atoms with Crippen LogP contribution in [0.1, 0.15) is 49.4 Å². The van der Waals surface area contributed by atoms with E-state index < -0.39 is 10.0 Å². The first kappa shape index (κ1) is 22.8. The molecule has 1 aliphatic heterocycles. The van der Waals surface area contributed by atoms with Crippen LogP contribution in [0.3, 0.4) is 0 Å². The molecule has 6 nitrogen and oxygen atoms in total. The summed E-state index contributed by atoms with van der Waals surface area (Å²) in [7, 11) is -3.51. The van der Waals surface area contributed by atoms with E-state index in [1.54, 1.807) is 40.7 Å². The molecule has 162 valence electrons. The molecule has 1 aliphatic rings.